The normalized spacial score (nSPS) is 13.8. The zero-order valence-corrected chi connectivity index (χ0v) is 12.3. The van der Waals surface area contributed by atoms with E-state index in [4.69, 9.17) is 4.74 Å². The van der Waals surface area contributed by atoms with Crippen molar-refractivity contribution in [3.63, 3.8) is 0 Å². The molecule has 6 heteroatoms. The first kappa shape index (κ1) is 17.5. The average molecular weight is 301 g/mol. The Morgan fingerprint density at radius 3 is 2.71 bits per heavy atom. The number of ether oxygens (including phenoxy) is 1. The zero-order valence-electron chi connectivity index (χ0n) is 12.3. The van der Waals surface area contributed by atoms with Gasteiger partial charge >= 0.3 is 0 Å². The number of hydrogen-bond donors (Lipinski definition) is 2. The highest BCUT2D eigenvalue weighted by Gasteiger charge is 2.27. The summed E-state index contributed by atoms with van der Waals surface area (Å²) in [6.45, 7) is 1.82. The molecule has 0 aliphatic rings. The van der Waals surface area contributed by atoms with E-state index in [2.05, 4.69) is 5.32 Å². The summed E-state index contributed by atoms with van der Waals surface area (Å²) in [5.41, 5.74) is -1.65. The van der Waals surface area contributed by atoms with Gasteiger partial charge in [0.15, 0.2) is 0 Å². The van der Waals surface area contributed by atoms with Crippen molar-refractivity contribution in [1.29, 1.82) is 0 Å². The Labute approximate surface area is 123 Å². The van der Waals surface area contributed by atoms with E-state index in [1.54, 1.807) is 7.11 Å². The van der Waals surface area contributed by atoms with E-state index in [1.165, 1.54) is 13.0 Å². The van der Waals surface area contributed by atoms with Gasteiger partial charge in [0.1, 0.15) is 17.2 Å². The maximum atomic E-state index is 13.6. The lowest BCUT2D eigenvalue weighted by atomic mass is 9.95. The minimum Gasteiger partial charge on any atom is -0.385 e. The van der Waals surface area contributed by atoms with Crippen LogP contribution in [0.4, 0.5) is 8.78 Å². The van der Waals surface area contributed by atoms with Gasteiger partial charge in [-0.2, -0.15) is 0 Å². The van der Waals surface area contributed by atoms with Crippen LogP contribution in [0.5, 0.6) is 0 Å². The number of halogens is 2. The fourth-order valence-electron chi connectivity index (χ4n) is 1.91. The number of unbranched alkanes of at least 4 members (excludes halogenated alkanes) is 1. The summed E-state index contributed by atoms with van der Waals surface area (Å²) in [7, 11) is 1.59. The van der Waals surface area contributed by atoms with Crippen LogP contribution in [0, 0.1) is 11.6 Å². The summed E-state index contributed by atoms with van der Waals surface area (Å²) in [6, 6.07) is 2.95. The molecule has 1 atom stereocenters. The van der Waals surface area contributed by atoms with Crippen molar-refractivity contribution in [2.75, 3.05) is 20.3 Å². The van der Waals surface area contributed by atoms with Crippen LogP contribution in [0.2, 0.25) is 0 Å². The predicted molar refractivity (Wildman–Crippen MR) is 74.7 cm³/mol. The molecule has 0 saturated carbocycles. The molecule has 0 saturated heterocycles. The van der Waals surface area contributed by atoms with Crippen LogP contribution in [0.15, 0.2) is 18.2 Å². The number of carbonyl (C=O) groups is 1. The molecule has 0 aromatic heterocycles. The van der Waals surface area contributed by atoms with Gasteiger partial charge in [0, 0.05) is 31.8 Å². The summed E-state index contributed by atoms with van der Waals surface area (Å²) in [4.78, 5) is 11.6. The summed E-state index contributed by atoms with van der Waals surface area (Å²) in [6.07, 6.45) is 1.75. The van der Waals surface area contributed by atoms with E-state index in [0.29, 0.717) is 25.5 Å². The topological polar surface area (TPSA) is 58.6 Å². The number of nitrogens with one attached hydrogen (secondary N) is 1. The number of methoxy groups -OCH3 is 1. The molecular formula is C15H21F2NO3. The molecule has 1 rings (SSSR count). The number of carbonyl (C=O) groups excluding carboxylic acids is 1. The summed E-state index contributed by atoms with van der Waals surface area (Å²) >= 11 is 0. The third kappa shape index (κ3) is 5.77. The first-order valence-electron chi connectivity index (χ1n) is 6.80. The van der Waals surface area contributed by atoms with E-state index >= 15 is 0 Å². The molecule has 0 spiro atoms. The van der Waals surface area contributed by atoms with Gasteiger partial charge < -0.3 is 15.2 Å². The highest BCUT2D eigenvalue weighted by atomic mass is 19.1. The fourth-order valence-corrected chi connectivity index (χ4v) is 1.91. The van der Waals surface area contributed by atoms with E-state index in [9.17, 15) is 18.7 Å². The van der Waals surface area contributed by atoms with E-state index in [0.717, 1.165) is 12.5 Å². The maximum absolute atomic E-state index is 13.6. The van der Waals surface area contributed by atoms with Crippen LogP contribution >= 0.6 is 0 Å². The lowest BCUT2D eigenvalue weighted by Gasteiger charge is -2.24. The number of aliphatic hydroxyl groups is 1. The number of rotatable bonds is 8. The Morgan fingerprint density at radius 1 is 1.38 bits per heavy atom. The van der Waals surface area contributed by atoms with Gasteiger partial charge in [-0.05, 0) is 25.8 Å². The predicted octanol–water partition coefficient (Wildman–Crippen LogP) is 2.11. The van der Waals surface area contributed by atoms with E-state index in [-0.39, 0.29) is 18.0 Å². The Morgan fingerprint density at radius 2 is 2.10 bits per heavy atom. The molecule has 0 fully saturated rings. The molecule has 21 heavy (non-hydrogen) atoms. The van der Waals surface area contributed by atoms with Gasteiger partial charge in [-0.3, -0.25) is 4.79 Å². The molecule has 4 nitrogen and oxygen atoms in total. The largest absolute Gasteiger partial charge is 0.385 e. The molecule has 0 bridgehead atoms. The summed E-state index contributed by atoms with van der Waals surface area (Å²) in [5.74, 6) is -1.78. The molecule has 1 aromatic rings. The van der Waals surface area contributed by atoms with Gasteiger partial charge in [-0.25, -0.2) is 8.78 Å². The van der Waals surface area contributed by atoms with Gasteiger partial charge in [-0.15, -0.1) is 0 Å². The fraction of sp³-hybridized carbons (Fsp3) is 0.533. The molecule has 0 radical (unpaired) electrons. The van der Waals surface area contributed by atoms with Crippen molar-refractivity contribution in [1.82, 2.24) is 5.32 Å². The van der Waals surface area contributed by atoms with E-state index < -0.39 is 17.2 Å². The first-order chi connectivity index (χ1) is 9.86. The van der Waals surface area contributed by atoms with Gasteiger partial charge in [0.05, 0.1) is 6.54 Å². The average Bonchev–Trinajstić information content (AvgIpc) is 2.41. The first-order valence-corrected chi connectivity index (χ1v) is 6.80. The van der Waals surface area contributed by atoms with Crippen LogP contribution < -0.4 is 5.32 Å². The standard InChI is InChI=1S/C15H21F2NO3/c1-15(20,12-7-6-11(16)9-13(12)17)10-18-14(19)5-3-4-8-21-2/h6-7,9,20H,3-5,8,10H2,1-2H3,(H,18,19)/t15-/m0/s1. The molecule has 0 aliphatic heterocycles. The SMILES string of the molecule is COCCCCC(=O)NC[C@](C)(O)c1ccc(F)cc1F. The van der Waals surface area contributed by atoms with Crippen LogP contribution in [0.25, 0.3) is 0 Å². The highest BCUT2D eigenvalue weighted by Crippen LogP contribution is 2.23. The molecule has 118 valence electrons. The number of benzene rings is 1. The molecule has 2 N–H and O–H groups in total. The van der Waals surface area contributed by atoms with Crippen molar-refractivity contribution in [3.05, 3.63) is 35.4 Å². The lowest BCUT2D eigenvalue weighted by Crippen LogP contribution is -2.39. The molecular weight excluding hydrogens is 280 g/mol. The summed E-state index contributed by atoms with van der Waals surface area (Å²) in [5, 5.41) is 12.8. The quantitative estimate of drug-likeness (QED) is 0.723. The van der Waals surface area contributed by atoms with Gasteiger partial charge in [0.25, 0.3) is 0 Å². The smallest absolute Gasteiger partial charge is 0.220 e. The number of amides is 1. The minimum atomic E-state index is -1.60. The minimum absolute atomic E-state index is 0.0522. The van der Waals surface area contributed by atoms with Gasteiger partial charge in [-0.1, -0.05) is 6.07 Å². The second-order valence-electron chi connectivity index (χ2n) is 5.12. The highest BCUT2D eigenvalue weighted by molar-refractivity contribution is 5.75. The van der Waals surface area contributed by atoms with Crippen molar-refractivity contribution in [2.24, 2.45) is 0 Å². The zero-order chi connectivity index (χ0) is 15.9. The Hall–Kier alpha value is -1.53. The third-order valence-electron chi connectivity index (χ3n) is 3.14. The Kier molecular flexibility index (Phi) is 6.71. The second kappa shape index (κ2) is 8.05. The Balaban J connectivity index is 2.50. The molecule has 1 amide bonds. The maximum Gasteiger partial charge on any atom is 0.220 e. The Bertz CT molecular complexity index is 478. The molecule has 0 aliphatic carbocycles. The van der Waals surface area contributed by atoms with E-state index in [1.807, 2.05) is 0 Å². The van der Waals surface area contributed by atoms with Crippen LogP contribution in [-0.2, 0) is 15.1 Å². The van der Waals surface area contributed by atoms with Crippen molar-refractivity contribution >= 4 is 5.91 Å². The lowest BCUT2D eigenvalue weighted by molar-refractivity contribution is -0.122. The van der Waals surface area contributed by atoms with Crippen LogP contribution in [0.3, 0.4) is 0 Å². The van der Waals surface area contributed by atoms with Crippen molar-refractivity contribution in [3.8, 4) is 0 Å². The third-order valence-corrected chi connectivity index (χ3v) is 3.14. The molecule has 0 heterocycles. The monoisotopic (exact) mass is 301 g/mol. The van der Waals surface area contributed by atoms with Crippen molar-refractivity contribution < 1.29 is 23.4 Å². The molecule has 0 unspecified atom stereocenters. The molecule has 1 aromatic carbocycles. The van der Waals surface area contributed by atoms with Gasteiger partial charge in [0.2, 0.25) is 5.91 Å². The second-order valence-corrected chi connectivity index (χ2v) is 5.12. The van der Waals surface area contributed by atoms with Crippen LogP contribution in [0.1, 0.15) is 31.7 Å². The summed E-state index contributed by atoms with van der Waals surface area (Å²) < 4.78 is 31.4. The van der Waals surface area contributed by atoms with Crippen molar-refractivity contribution in [2.45, 2.75) is 31.8 Å². The number of hydrogen-bond acceptors (Lipinski definition) is 3. The van der Waals surface area contributed by atoms with Crippen LogP contribution in [-0.4, -0.2) is 31.3 Å².